The Morgan fingerprint density at radius 1 is 1.44 bits per heavy atom. The number of thioether (sulfide) groups is 1. The molecule has 1 aliphatic heterocycles. The highest BCUT2D eigenvalue weighted by atomic mass is 32.2. The van der Waals surface area contributed by atoms with Crippen LogP contribution < -0.4 is 5.32 Å². The van der Waals surface area contributed by atoms with Crippen LogP contribution in [0.2, 0.25) is 0 Å². The van der Waals surface area contributed by atoms with E-state index in [9.17, 15) is 4.79 Å². The zero-order chi connectivity index (χ0) is 12.8. The third-order valence-electron chi connectivity index (χ3n) is 3.28. The van der Waals surface area contributed by atoms with Crippen molar-refractivity contribution >= 4 is 17.7 Å². The van der Waals surface area contributed by atoms with Crippen LogP contribution >= 0.6 is 11.8 Å². The zero-order valence-electron chi connectivity index (χ0n) is 11.0. The fourth-order valence-electron chi connectivity index (χ4n) is 2.42. The van der Waals surface area contributed by atoms with E-state index >= 15 is 0 Å². The predicted octanol–water partition coefficient (Wildman–Crippen LogP) is 3.18. The van der Waals surface area contributed by atoms with Crippen LogP contribution in [0.25, 0.3) is 0 Å². The maximum absolute atomic E-state index is 11.4. The fourth-order valence-corrected chi connectivity index (χ4v) is 3.51. The van der Waals surface area contributed by atoms with Gasteiger partial charge in [-0.3, -0.25) is 4.79 Å². The van der Waals surface area contributed by atoms with Crippen molar-refractivity contribution in [3.63, 3.8) is 0 Å². The van der Waals surface area contributed by atoms with Crippen molar-refractivity contribution in [2.45, 2.75) is 43.9 Å². The van der Waals surface area contributed by atoms with Gasteiger partial charge in [0.15, 0.2) is 0 Å². The normalized spacial score (nSPS) is 14.1. The number of aryl methyl sites for hydroxylation is 1. The van der Waals surface area contributed by atoms with Crippen LogP contribution in [0.15, 0.2) is 23.1 Å². The number of benzene rings is 1. The highest BCUT2D eigenvalue weighted by Gasteiger charge is 2.13. The van der Waals surface area contributed by atoms with E-state index in [1.54, 1.807) is 0 Å². The van der Waals surface area contributed by atoms with E-state index < -0.39 is 0 Å². The Bertz CT molecular complexity index is 417. The van der Waals surface area contributed by atoms with Gasteiger partial charge in [-0.05, 0) is 55.6 Å². The number of rotatable bonds is 5. The van der Waals surface area contributed by atoms with Gasteiger partial charge in [0, 0.05) is 17.9 Å². The Morgan fingerprint density at radius 3 is 3.17 bits per heavy atom. The number of amides is 1. The Labute approximate surface area is 114 Å². The minimum Gasteiger partial charge on any atom is -0.356 e. The van der Waals surface area contributed by atoms with Gasteiger partial charge in [-0.15, -0.1) is 11.8 Å². The van der Waals surface area contributed by atoms with E-state index in [0.717, 1.165) is 19.4 Å². The van der Waals surface area contributed by atoms with Crippen LogP contribution in [0.1, 0.15) is 37.3 Å². The molecule has 1 aromatic carbocycles. The number of carbonyl (C=O) groups is 1. The van der Waals surface area contributed by atoms with Gasteiger partial charge < -0.3 is 5.32 Å². The zero-order valence-corrected chi connectivity index (χ0v) is 11.8. The molecule has 0 spiro atoms. The van der Waals surface area contributed by atoms with E-state index in [0.29, 0.717) is 6.42 Å². The van der Waals surface area contributed by atoms with E-state index in [1.165, 1.54) is 34.6 Å². The van der Waals surface area contributed by atoms with Crippen molar-refractivity contribution in [2.75, 3.05) is 12.3 Å². The van der Waals surface area contributed by atoms with E-state index in [-0.39, 0.29) is 5.91 Å². The first kappa shape index (κ1) is 13.5. The van der Waals surface area contributed by atoms with Crippen molar-refractivity contribution in [3.8, 4) is 0 Å². The van der Waals surface area contributed by atoms with Gasteiger partial charge in [-0.25, -0.2) is 0 Å². The summed E-state index contributed by atoms with van der Waals surface area (Å²) in [5.41, 5.74) is 2.98. The van der Waals surface area contributed by atoms with Crippen LogP contribution in [0.5, 0.6) is 0 Å². The smallest absolute Gasteiger partial charge is 0.219 e. The topological polar surface area (TPSA) is 29.1 Å². The van der Waals surface area contributed by atoms with Crippen LogP contribution in [0.3, 0.4) is 0 Å². The molecule has 0 fully saturated rings. The first-order valence-electron chi connectivity index (χ1n) is 6.81. The van der Waals surface area contributed by atoms with Crippen molar-refractivity contribution in [3.05, 3.63) is 29.3 Å². The quantitative estimate of drug-likeness (QED) is 0.884. The molecule has 0 saturated heterocycles. The Balaban J connectivity index is 1.91. The maximum atomic E-state index is 11.4. The maximum Gasteiger partial charge on any atom is 0.219 e. The van der Waals surface area contributed by atoms with Crippen LogP contribution in [0.4, 0.5) is 0 Å². The SMILES string of the molecule is CCNC(=O)CCCc1cccc2c1CCCS2. The molecule has 1 aromatic rings. The fraction of sp³-hybridized carbons (Fsp3) is 0.533. The summed E-state index contributed by atoms with van der Waals surface area (Å²) >= 11 is 1.97. The third-order valence-corrected chi connectivity index (χ3v) is 4.47. The molecule has 1 amide bonds. The third kappa shape index (κ3) is 3.52. The van der Waals surface area contributed by atoms with Gasteiger partial charge >= 0.3 is 0 Å². The second-order valence-corrected chi connectivity index (χ2v) is 5.79. The average Bonchev–Trinajstić information content (AvgIpc) is 2.39. The first-order valence-corrected chi connectivity index (χ1v) is 7.80. The van der Waals surface area contributed by atoms with Gasteiger partial charge in [0.2, 0.25) is 5.91 Å². The monoisotopic (exact) mass is 263 g/mol. The molecule has 1 aliphatic rings. The molecule has 0 radical (unpaired) electrons. The molecule has 0 aromatic heterocycles. The van der Waals surface area contributed by atoms with Gasteiger partial charge in [-0.1, -0.05) is 12.1 Å². The van der Waals surface area contributed by atoms with Crippen LogP contribution in [-0.4, -0.2) is 18.2 Å². The lowest BCUT2D eigenvalue weighted by Gasteiger charge is -2.18. The van der Waals surface area contributed by atoms with E-state index in [1.807, 2.05) is 18.7 Å². The molecule has 18 heavy (non-hydrogen) atoms. The van der Waals surface area contributed by atoms with Gasteiger partial charge in [0.05, 0.1) is 0 Å². The number of fused-ring (bicyclic) bond motifs is 1. The molecule has 2 nitrogen and oxygen atoms in total. The molecule has 1 N–H and O–H groups in total. The average molecular weight is 263 g/mol. The first-order chi connectivity index (χ1) is 8.81. The molecule has 3 heteroatoms. The molecule has 0 unspecified atom stereocenters. The lowest BCUT2D eigenvalue weighted by atomic mass is 9.98. The second kappa shape index (κ2) is 6.83. The van der Waals surface area contributed by atoms with Crippen molar-refractivity contribution < 1.29 is 4.79 Å². The van der Waals surface area contributed by atoms with Crippen molar-refractivity contribution in [1.29, 1.82) is 0 Å². The minimum absolute atomic E-state index is 0.177. The molecule has 98 valence electrons. The molecule has 1 heterocycles. The van der Waals surface area contributed by atoms with Gasteiger partial charge in [0.1, 0.15) is 0 Å². The van der Waals surface area contributed by atoms with Crippen LogP contribution in [-0.2, 0) is 17.6 Å². The highest BCUT2D eigenvalue weighted by molar-refractivity contribution is 7.99. The summed E-state index contributed by atoms with van der Waals surface area (Å²) in [4.78, 5) is 12.9. The summed E-state index contributed by atoms with van der Waals surface area (Å²) in [6, 6.07) is 6.60. The standard InChI is InChI=1S/C15H21NOS/c1-2-16-15(17)10-4-7-12-6-3-9-14-13(12)8-5-11-18-14/h3,6,9H,2,4-5,7-8,10-11H2,1H3,(H,16,17). The molecular formula is C15H21NOS. The Hall–Kier alpha value is -0.960. The Morgan fingerprint density at radius 2 is 2.33 bits per heavy atom. The summed E-state index contributed by atoms with van der Waals surface area (Å²) in [6.07, 6.45) is 5.11. The summed E-state index contributed by atoms with van der Waals surface area (Å²) in [5, 5.41) is 2.85. The van der Waals surface area contributed by atoms with Crippen molar-refractivity contribution in [2.24, 2.45) is 0 Å². The van der Waals surface area contributed by atoms with Crippen molar-refractivity contribution in [1.82, 2.24) is 5.32 Å². The van der Waals surface area contributed by atoms with Gasteiger partial charge in [-0.2, -0.15) is 0 Å². The molecular weight excluding hydrogens is 242 g/mol. The molecule has 0 saturated carbocycles. The summed E-state index contributed by atoms with van der Waals surface area (Å²) in [7, 11) is 0. The Kier molecular flexibility index (Phi) is 5.12. The number of nitrogens with one attached hydrogen (secondary N) is 1. The van der Waals surface area contributed by atoms with E-state index in [4.69, 9.17) is 0 Å². The molecule has 0 aliphatic carbocycles. The number of hydrogen-bond acceptors (Lipinski definition) is 2. The number of hydrogen-bond donors (Lipinski definition) is 1. The molecule has 0 atom stereocenters. The van der Waals surface area contributed by atoms with Gasteiger partial charge in [0.25, 0.3) is 0 Å². The summed E-state index contributed by atoms with van der Waals surface area (Å²) in [5.74, 6) is 1.42. The number of carbonyl (C=O) groups excluding carboxylic acids is 1. The molecule has 2 rings (SSSR count). The lowest BCUT2D eigenvalue weighted by molar-refractivity contribution is -0.121. The predicted molar refractivity (Wildman–Crippen MR) is 77.1 cm³/mol. The largest absolute Gasteiger partial charge is 0.356 e. The highest BCUT2D eigenvalue weighted by Crippen LogP contribution is 2.32. The summed E-state index contributed by atoms with van der Waals surface area (Å²) < 4.78 is 0. The second-order valence-electron chi connectivity index (χ2n) is 4.65. The van der Waals surface area contributed by atoms with E-state index in [2.05, 4.69) is 23.5 Å². The summed E-state index contributed by atoms with van der Waals surface area (Å²) in [6.45, 7) is 2.69. The lowest BCUT2D eigenvalue weighted by Crippen LogP contribution is -2.22. The van der Waals surface area contributed by atoms with Crippen LogP contribution in [0, 0.1) is 0 Å². The minimum atomic E-state index is 0.177. The molecule has 0 bridgehead atoms.